The molecule has 10 nitrogen and oxygen atoms in total. The van der Waals surface area contributed by atoms with Gasteiger partial charge in [-0.2, -0.15) is 5.10 Å². The molecule has 1 fully saturated rings. The second-order valence-electron chi connectivity index (χ2n) is 12.0. The van der Waals surface area contributed by atoms with E-state index >= 15 is 4.39 Å². The SMILES string of the molecule is CN(C)CCNc1cc(F)cc(-c2nccc3[nH]c(-c4n[nH]c5cc(F)c(-c6cncc(NC(=O)C7CCCC7)c6)cc45)nc23)c1. The third-order valence-electron chi connectivity index (χ3n) is 8.38. The molecule has 0 unspecified atom stereocenters. The summed E-state index contributed by atoms with van der Waals surface area (Å²) in [4.78, 5) is 31.7. The normalized spacial score (nSPS) is 13.7. The van der Waals surface area contributed by atoms with Crippen LogP contribution in [0.3, 0.4) is 0 Å². The van der Waals surface area contributed by atoms with E-state index in [-0.39, 0.29) is 17.6 Å². The van der Waals surface area contributed by atoms with Crippen LogP contribution in [0, 0.1) is 17.6 Å². The third kappa shape index (κ3) is 5.91. The zero-order chi connectivity index (χ0) is 31.8. The molecule has 6 aromatic rings. The number of halogens is 2. The number of hydrogen-bond donors (Lipinski definition) is 4. The van der Waals surface area contributed by atoms with Crippen molar-refractivity contribution < 1.29 is 13.6 Å². The van der Waals surface area contributed by atoms with E-state index in [4.69, 9.17) is 4.98 Å². The van der Waals surface area contributed by atoms with E-state index in [0.717, 1.165) is 32.2 Å². The van der Waals surface area contributed by atoms with Crippen LogP contribution in [0.2, 0.25) is 0 Å². The summed E-state index contributed by atoms with van der Waals surface area (Å²) >= 11 is 0. The van der Waals surface area contributed by atoms with E-state index in [2.05, 4.69) is 35.8 Å². The molecule has 1 saturated carbocycles. The van der Waals surface area contributed by atoms with Crippen molar-refractivity contribution in [2.45, 2.75) is 25.7 Å². The molecule has 0 bridgehead atoms. The molecule has 2 aromatic carbocycles. The van der Waals surface area contributed by atoms with Gasteiger partial charge in [0.15, 0.2) is 5.82 Å². The summed E-state index contributed by atoms with van der Waals surface area (Å²) in [6.45, 7) is 1.45. The average molecular weight is 622 g/mol. The number of imidazole rings is 1. The first-order valence-corrected chi connectivity index (χ1v) is 15.3. The highest BCUT2D eigenvalue weighted by Crippen LogP contribution is 2.35. The number of likely N-dealkylation sites (N-methyl/N-ethyl adjacent to an activating group) is 1. The first kappa shape index (κ1) is 29.5. The Labute approximate surface area is 263 Å². The number of pyridine rings is 2. The van der Waals surface area contributed by atoms with Crippen molar-refractivity contribution in [3.05, 3.63) is 72.7 Å². The molecule has 4 aromatic heterocycles. The number of H-pyrrole nitrogens is 2. The number of nitrogens with zero attached hydrogens (tertiary/aromatic N) is 5. The van der Waals surface area contributed by atoms with E-state index < -0.39 is 5.82 Å². The number of anilines is 2. The van der Waals surface area contributed by atoms with Gasteiger partial charge < -0.3 is 20.5 Å². The van der Waals surface area contributed by atoms with Gasteiger partial charge in [-0.1, -0.05) is 12.8 Å². The smallest absolute Gasteiger partial charge is 0.227 e. The summed E-state index contributed by atoms with van der Waals surface area (Å²) in [7, 11) is 3.96. The molecule has 0 atom stereocenters. The number of amides is 1. The molecule has 0 aliphatic heterocycles. The van der Waals surface area contributed by atoms with Crippen molar-refractivity contribution in [2.24, 2.45) is 5.92 Å². The standard InChI is InChI=1S/C34H33F2N9O/c1-45(2)10-9-38-23-12-20(11-22(35)14-23)30-32-28(7-8-39-30)41-33(42-32)31-26-15-25(27(36)16-29(26)43-44-31)21-13-24(18-37-17-21)40-34(46)19-5-3-4-6-19/h7-8,11-19,38H,3-6,9-10H2,1-2H3,(H,40,46)(H,41,42)(H,43,44). The fourth-order valence-electron chi connectivity index (χ4n) is 6.04. The van der Waals surface area contributed by atoms with Gasteiger partial charge in [-0.25, -0.2) is 13.8 Å². The van der Waals surface area contributed by atoms with Crippen molar-refractivity contribution in [1.29, 1.82) is 0 Å². The highest BCUT2D eigenvalue weighted by atomic mass is 19.1. The molecule has 1 aliphatic carbocycles. The minimum absolute atomic E-state index is 0.00234. The Kier molecular flexibility index (Phi) is 7.87. The quantitative estimate of drug-likeness (QED) is 0.143. The first-order chi connectivity index (χ1) is 22.3. The van der Waals surface area contributed by atoms with E-state index in [9.17, 15) is 9.18 Å². The van der Waals surface area contributed by atoms with Crippen molar-refractivity contribution >= 4 is 39.2 Å². The number of nitrogens with one attached hydrogen (secondary N) is 4. The largest absolute Gasteiger partial charge is 0.384 e. The van der Waals surface area contributed by atoms with Crippen LogP contribution in [0.5, 0.6) is 0 Å². The first-order valence-electron chi connectivity index (χ1n) is 15.3. The highest BCUT2D eigenvalue weighted by Gasteiger charge is 2.23. The molecule has 0 radical (unpaired) electrons. The van der Waals surface area contributed by atoms with Crippen LogP contribution in [0.4, 0.5) is 20.2 Å². The summed E-state index contributed by atoms with van der Waals surface area (Å²) < 4.78 is 30.1. The third-order valence-corrected chi connectivity index (χ3v) is 8.38. The van der Waals surface area contributed by atoms with Gasteiger partial charge in [-0.3, -0.25) is 19.9 Å². The Morgan fingerprint density at radius 3 is 2.63 bits per heavy atom. The summed E-state index contributed by atoms with van der Waals surface area (Å²) in [5, 5.41) is 14.2. The molecule has 0 spiro atoms. The molecular weight excluding hydrogens is 588 g/mol. The molecule has 4 N–H and O–H groups in total. The van der Waals surface area contributed by atoms with Gasteiger partial charge in [0.25, 0.3) is 0 Å². The topological polar surface area (TPSA) is 128 Å². The Hall–Kier alpha value is -5.23. The van der Waals surface area contributed by atoms with Gasteiger partial charge in [0.1, 0.15) is 22.8 Å². The van der Waals surface area contributed by atoms with Crippen molar-refractivity contribution in [3.63, 3.8) is 0 Å². The molecule has 1 aliphatic rings. The Morgan fingerprint density at radius 2 is 1.80 bits per heavy atom. The molecule has 0 saturated heterocycles. The van der Waals surface area contributed by atoms with Crippen LogP contribution in [0.25, 0.3) is 55.8 Å². The average Bonchev–Trinajstić information content (AvgIpc) is 3.80. The second kappa shape index (κ2) is 12.3. The number of carbonyl (C=O) groups is 1. The maximum atomic E-state index is 15.4. The summed E-state index contributed by atoms with van der Waals surface area (Å²) in [6.07, 6.45) is 8.64. The van der Waals surface area contributed by atoms with E-state index in [1.165, 1.54) is 18.2 Å². The summed E-state index contributed by atoms with van der Waals surface area (Å²) in [5.41, 5.74) is 5.33. The van der Waals surface area contributed by atoms with Crippen LogP contribution in [-0.4, -0.2) is 68.1 Å². The van der Waals surface area contributed by atoms with Crippen LogP contribution < -0.4 is 10.6 Å². The number of benzene rings is 2. The number of carbonyl (C=O) groups excluding carboxylic acids is 1. The number of rotatable bonds is 9. The Bertz CT molecular complexity index is 2060. The lowest BCUT2D eigenvalue weighted by atomic mass is 10.0. The van der Waals surface area contributed by atoms with Gasteiger partial charge in [-0.05, 0) is 63.3 Å². The number of hydrogen-bond acceptors (Lipinski definition) is 7. The maximum Gasteiger partial charge on any atom is 0.227 e. The lowest BCUT2D eigenvalue weighted by Gasteiger charge is -2.12. The fraction of sp³-hybridized carbons (Fsp3) is 0.265. The van der Waals surface area contributed by atoms with Gasteiger partial charge in [-0.15, -0.1) is 0 Å². The maximum absolute atomic E-state index is 15.4. The van der Waals surface area contributed by atoms with Crippen LogP contribution in [0.15, 0.2) is 61.1 Å². The lowest BCUT2D eigenvalue weighted by Crippen LogP contribution is -2.20. The van der Waals surface area contributed by atoms with Crippen LogP contribution in [0.1, 0.15) is 25.7 Å². The van der Waals surface area contributed by atoms with Crippen LogP contribution in [-0.2, 0) is 4.79 Å². The predicted molar refractivity (Wildman–Crippen MR) is 175 cm³/mol. The van der Waals surface area contributed by atoms with Gasteiger partial charge >= 0.3 is 0 Å². The van der Waals surface area contributed by atoms with Crippen molar-refractivity contribution in [2.75, 3.05) is 37.8 Å². The summed E-state index contributed by atoms with van der Waals surface area (Å²) in [5.74, 6) is -0.426. The van der Waals surface area contributed by atoms with Crippen molar-refractivity contribution in [3.8, 4) is 33.9 Å². The highest BCUT2D eigenvalue weighted by molar-refractivity contribution is 5.98. The molecule has 234 valence electrons. The van der Waals surface area contributed by atoms with Crippen molar-refractivity contribution in [1.82, 2.24) is 35.0 Å². The zero-order valence-corrected chi connectivity index (χ0v) is 25.5. The molecule has 1 amide bonds. The summed E-state index contributed by atoms with van der Waals surface area (Å²) in [6, 6.07) is 11.4. The molecule has 12 heteroatoms. The minimum atomic E-state index is -0.457. The number of fused-ring (bicyclic) bond motifs is 2. The second-order valence-corrected chi connectivity index (χ2v) is 12.0. The Morgan fingerprint density at radius 1 is 0.978 bits per heavy atom. The number of aromatic amines is 2. The van der Waals surface area contributed by atoms with Crippen LogP contribution >= 0.6 is 0 Å². The molecule has 4 heterocycles. The van der Waals surface area contributed by atoms with E-state index in [1.54, 1.807) is 36.8 Å². The molecule has 46 heavy (non-hydrogen) atoms. The van der Waals surface area contributed by atoms with Gasteiger partial charge in [0.2, 0.25) is 5.91 Å². The van der Waals surface area contributed by atoms with E-state index in [0.29, 0.717) is 73.8 Å². The monoisotopic (exact) mass is 621 g/mol. The molecule has 7 rings (SSSR count). The van der Waals surface area contributed by atoms with Gasteiger partial charge in [0.05, 0.1) is 28.6 Å². The predicted octanol–water partition coefficient (Wildman–Crippen LogP) is 6.61. The lowest BCUT2D eigenvalue weighted by molar-refractivity contribution is -0.119. The van der Waals surface area contributed by atoms with E-state index in [1.807, 2.05) is 25.1 Å². The molecular formula is C34H33F2N9O. The fourth-order valence-corrected chi connectivity index (χ4v) is 6.04. The number of aromatic nitrogens is 6. The Balaban J connectivity index is 1.23. The zero-order valence-electron chi connectivity index (χ0n) is 25.5. The van der Waals surface area contributed by atoms with Gasteiger partial charge in [0, 0.05) is 65.2 Å². The minimum Gasteiger partial charge on any atom is -0.384 e.